The molecule has 0 fully saturated rings. The van der Waals surface area contributed by atoms with E-state index in [9.17, 15) is 0 Å². The number of halogens is 2. The number of rotatable bonds is 5. The van der Waals surface area contributed by atoms with Crippen LogP contribution in [0.25, 0.3) is 0 Å². The topological polar surface area (TPSA) is 24.9 Å². The fourth-order valence-corrected chi connectivity index (χ4v) is 2.33. The summed E-state index contributed by atoms with van der Waals surface area (Å²) in [7, 11) is 0. The van der Waals surface area contributed by atoms with Crippen LogP contribution in [-0.2, 0) is 13.0 Å². The highest BCUT2D eigenvalue weighted by Crippen LogP contribution is 2.12. The van der Waals surface area contributed by atoms with Gasteiger partial charge in [0, 0.05) is 27.7 Å². The average Bonchev–Trinajstić information content (AvgIpc) is 2.41. The molecule has 0 amide bonds. The van der Waals surface area contributed by atoms with Crippen LogP contribution >= 0.6 is 31.9 Å². The molecule has 0 aliphatic rings. The van der Waals surface area contributed by atoms with Gasteiger partial charge in [-0.1, -0.05) is 28.1 Å². The Balaban J connectivity index is 1.82. The molecule has 19 heavy (non-hydrogen) atoms. The molecule has 1 unspecified atom stereocenters. The Hall–Kier alpha value is -0.710. The maximum Gasteiger partial charge on any atom is 0.0542 e. The molecule has 0 bridgehead atoms. The van der Waals surface area contributed by atoms with Gasteiger partial charge >= 0.3 is 0 Å². The van der Waals surface area contributed by atoms with Crippen molar-refractivity contribution in [2.75, 3.05) is 0 Å². The van der Waals surface area contributed by atoms with E-state index in [2.05, 4.69) is 73.3 Å². The second kappa shape index (κ2) is 7.17. The molecule has 1 aromatic heterocycles. The smallest absolute Gasteiger partial charge is 0.0542 e. The molecular weight excluding hydrogens is 368 g/mol. The molecule has 0 radical (unpaired) electrons. The van der Waals surface area contributed by atoms with Crippen LogP contribution in [0.4, 0.5) is 0 Å². The van der Waals surface area contributed by atoms with Crippen molar-refractivity contribution >= 4 is 31.9 Å². The lowest BCUT2D eigenvalue weighted by atomic mass is 10.1. The lowest BCUT2D eigenvalue weighted by Gasteiger charge is -2.13. The van der Waals surface area contributed by atoms with E-state index in [1.807, 2.05) is 18.3 Å². The molecule has 4 heteroatoms. The van der Waals surface area contributed by atoms with Crippen LogP contribution in [0.3, 0.4) is 0 Å². The SMILES string of the molecule is CC(Cc1ccc(Br)cc1)NCc1ccc(Br)cn1. The van der Waals surface area contributed by atoms with Crippen molar-refractivity contribution < 1.29 is 0 Å². The standard InChI is InChI=1S/C15H16Br2N2/c1-11(8-12-2-4-13(16)5-3-12)18-10-15-7-6-14(17)9-19-15/h2-7,9,11,18H,8,10H2,1H3. The molecular formula is C15H16Br2N2. The van der Waals surface area contributed by atoms with Crippen molar-refractivity contribution in [1.82, 2.24) is 10.3 Å². The lowest BCUT2D eigenvalue weighted by Crippen LogP contribution is -2.27. The number of nitrogens with zero attached hydrogens (tertiary/aromatic N) is 1. The van der Waals surface area contributed by atoms with Gasteiger partial charge in [-0.05, 0) is 59.1 Å². The summed E-state index contributed by atoms with van der Waals surface area (Å²) in [5.41, 5.74) is 2.40. The van der Waals surface area contributed by atoms with Crippen molar-refractivity contribution in [2.24, 2.45) is 0 Å². The Morgan fingerprint density at radius 1 is 1.05 bits per heavy atom. The molecule has 2 nitrogen and oxygen atoms in total. The van der Waals surface area contributed by atoms with Crippen molar-refractivity contribution in [3.63, 3.8) is 0 Å². The summed E-state index contributed by atoms with van der Waals surface area (Å²) in [6, 6.07) is 12.9. The zero-order valence-corrected chi connectivity index (χ0v) is 13.9. The van der Waals surface area contributed by atoms with Crippen LogP contribution in [0.2, 0.25) is 0 Å². The number of pyridine rings is 1. The maximum atomic E-state index is 4.35. The molecule has 2 rings (SSSR count). The van der Waals surface area contributed by atoms with Crippen molar-refractivity contribution in [1.29, 1.82) is 0 Å². The molecule has 100 valence electrons. The molecule has 0 saturated carbocycles. The van der Waals surface area contributed by atoms with Crippen LogP contribution in [0, 0.1) is 0 Å². The first-order chi connectivity index (χ1) is 9.13. The van der Waals surface area contributed by atoms with Crippen LogP contribution in [-0.4, -0.2) is 11.0 Å². The largest absolute Gasteiger partial charge is 0.308 e. The summed E-state index contributed by atoms with van der Waals surface area (Å²) in [6.45, 7) is 2.99. The molecule has 0 aliphatic heterocycles. The minimum atomic E-state index is 0.423. The molecule has 0 saturated heterocycles. The highest BCUT2D eigenvalue weighted by Gasteiger charge is 2.04. The summed E-state index contributed by atoms with van der Waals surface area (Å²) < 4.78 is 2.13. The van der Waals surface area contributed by atoms with Gasteiger partial charge in [0.2, 0.25) is 0 Å². The third-order valence-electron chi connectivity index (χ3n) is 2.88. The molecule has 2 aromatic rings. The summed E-state index contributed by atoms with van der Waals surface area (Å²) in [4.78, 5) is 4.35. The van der Waals surface area contributed by atoms with Gasteiger partial charge in [-0.3, -0.25) is 4.98 Å². The van der Waals surface area contributed by atoms with E-state index in [4.69, 9.17) is 0 Å². The Morgan fingerprint density at radius 3 is 2.37 bits per heavy atom. The van der Waals surface area contributed by atoms with Gasteiger partial charge in [0.1, 0.15) is 0 Å². The van der Waals surface area contributed by atoms with E-state index in [0.717, 1.165) is 27.6 Å². The van der Waals surface area contributed by atoms with Crippen LogP contribution in [0.1, 0.15) is 18.2 Å². The first kappa shape index (κ1) is 14.7. The second-order valence-corrected chi connectivity index (χ2v) is 6.41. The number of benzene rings is 1. The predicted molar refractivity (Wildman–Crippen MR) is 86.1 cm³/mol. The fourth-order valence-electron chi connectivity index (χ4n) is 1.84. The number of hydrogen-bond donors (Lipinski definition) is 1. The summed E-state index contributed by atoms with van der Waals surface area (Å²) in [5, 5.41) is 3.49. The van der Waals surface area contributed by atoms with Crippen molar-refractivity contribution in [3.8, 4) is 0 Å². The van der Waals surface area contributed by atoms with E-state index >= 15 is 0 Å². The van der Waals surface area contributed by atoms with Gasteiger partial charge in [0.05, 0.1) is 5.69 Å². The summed E-state index contributed by atoms with van der Waals surface area (Å²) in [6.07, 6.45) is 2.85. The normalized spacial score (nSPS) is 12.4. The van der Waals surface area contributed by atoms with Gasteiger partial charge in [-0.15, -0.1) is 0 Å². The van der Waals surface area contributed by atoms with E-state index in [0.29, 0.717) is 6.04 Å². The van der Waals surface area contributed by atoms with E-state index in [1.165, 1.54) is 5.56 Å². The number of nitrogens with one attached hydrogen (secondary N) is 1. The monoisotopic (exact) mass is 382 g/mol. The highest BCUT2D eigenvalue weighted by molar-refractivity contribution is 9.10. The fraction of sp³-hybridized carbons (Fsp3) is 0.267. The van der Waals surface area contributed by atoms with Gasteiger partial charge in [0.15, 0.2) is 0 Å². The van der Waals surface area contributed by atoms with Crippen LogP contribution in [0.5, 0.6) is 0 Å². The first-order valence-corrected chi connectivity index (χ1v) is 7.80. The molecule has 0 aliphatic carbocycles. The summed E-state index contributed by atoms with van der Waals surface area (Å²) in [5.74, 6) is 0. The van der Waals surface area contributed by atoms with Crippen LogP contribution < -0.4 is 5.32 Å². The minimum Gasteiger partial charge on any atom is -0.308 e. The zero-order chi connectivity index (χ0) is 13.7. The Bertz CT molecular complexity index is 509. The van der Waals surface area contributed by atoms with Gasteiger partial charge < -0.3 is 5.32 Å². The zero-order valence-electron chi connectivity index (χ0n) is 10.7. The Labute approximate surface area is 130 Å². The van der Waals surface area contributed by atoms with Crippen molar-refractivity contribution in [2.45, 2.75) is 25.9 Å². The lowest BCUT2D eigenvalue weighted by molar-refractivity contribution is 0.540. The summed E-state index contributed by atoms with van der Waals surface area (Å²) >= 11 is 6.84. The molecule has 1 N–H and O–H groups in total. The van der Waals surface area contributed by atoms with Gasteiger partial charge in [-0.25, -0.2) is 0 Å². The first-order valence-electron chi connectivity index (χ1n) is 6.22. The van der Waals surface area contributed by atoms with Gasteiger partial charge in [-0.2, -0.15) is 0 Å². The Kier molecular flexibility index (Phi) is 5.55. The number of aromatic nitrogens is 1. The third-order valence-corrected chi connectivity index (χ3v) is 3.87. The van der Waals surface area contributed by atoms with E-state index in [-0.39, 0.29) is 0 Å². The molecule has 1 heterocycles. The second-order valence-electron chi connectivity index (χ2n) is 4.58. The molecule has 1 atom stereocenters. The van der Waals surface area contributed by atoms with Crippen molar-refractivity contribution in [3.05, 3.63) is 62.8 Å². The third kappa shape index (κ3) is 5.05. The average molecular weight is 384 g/mol. The number of hydrogen-bond acceptors (Lipinski definition) is 2. The minimum absolute atomic E-state index is 0.423. The highest BCUT2D eigenvalue weighted by atomic mass is 79.9. The quantitative estimate of drug-likeness (QED) is 0.831. The predicted octanol–water partition coefficient (Wildman–Crippen LogP) is 4.33. The van der Waals surface area contributed by atoms with Crippen LogP contribution in [0.15, 0.2) is 51.5 Å². The van der Waals surface area contributed by atoms with Gasteiger partial charge in [0.25, 0.3) is 0 Å². The van der Waals surface area contributed by atoms with E-state index in [1.54, 1.807) is 0 Å². The molecule has 1 aromatic carbocycles. The maximum absolute atomic E-state index is 4.35. The Morgan fingerprint density at radius 2 is 1.74 bits per heavy atom. The van der Waals surface area contributed by atoms with E-state index < -0.39 is 0 Å². The molecule has 0 spiro atoms.